The van der Waals surface area contributed by atoms with Crippen LogP contribution in [0.25, 0.3) is 0 Å². The Hall–Kier alpha value is -2.57. The lowest BCUT2D eigenvalue weighted by Gasteiger charge is -2.06. The zero-order valence-corrected chi connectivity index (χ0v) is 10.6. The lowest BCUT2D eigenvalue weighted by atomic mass is 10.3. The van der Waals surface area contributed by atoms with Crippen LogP contribution in [-0.2, 0) is 6.54 Å². The van der Waals surface area contributed by atoms with Crippen molar-refractivity contribution in [2.24, 2.45) is 0 Å². The van der Waals surface area contributed by atoms with E-state index in [-0.39, 0.29) is 5.69 Å². The number of rotatable bonds is 4. The van der Waals surface area contributed by atoms with Gasteiger partial charge in [-0.1, -0.05) is 0 Å². The van der Waals surface area contributed by atoms with Crippen LogP contribution in [0.15, 0.2) is 24.4 Å². The number of aromatic nitrogens is 3. The van der Waals surface area contributed by atoms with Gasteiger partial charge in [-0.3, -0.25) is 10.1 Å². The van der Waals surface area contributed by atoms with Crippen LogP contribution in [0.5, 0.6) is 0 Å². The van der Waals surface area contributed by atoms with Gasteiger partial charge in [-0.05, 0) is 26.0 Å². The summed E-state index contributed by atoms with van der Waals surface area (Å²) in [6.45, 7) is 3.92. The van der Waals surface area contributed by atoms with Crippen molar-refractivity contribution in [3.8, 4) is 0 Å². The molecule has 0 atom stereocenters. The average molecular weight is 259 g/mol. The van der Waals surface area contributed by atoms with Crippen LogP contribution in [-0.4, -0.2) is 19.9 Å². The fourth-order valence-electron chi connectivity index (χ4n) is 1.63. The molecule has 0 fully saturated rings. The Labute approximate surface area is 109 Å². The van der Waals surface area contributed by atoms with Gasteiger partial charge in [0.25, 0.3) is 5.69 Å². The summed E-state index contributed by atoms with van der Waals surface area (Å²) in [5.41, 5.74) is 1.24. The fraction of sp³-hybridized carbons (Fsp3) is 0.250. The maximum absolute atomic E-state index is 10.7. The average Bonchev–Trinajstić information content (AvgIpc) is 2.36. The number of aryl methyl sites for hydroxylation is 2. The summed E-state index contributed by atoms with van der Waals surface area (Å²) >= 11 is 0. The van der Waals surface area contributed by atoms with Gasteiger partial charge in [0.1, 0.15) is 17.3 Å². The highest BCUT2D eigenvalue weighted by Crippen LogP contribution is 2.17. The van der Waals surface area contributed by atoms with E-state index in [1.165, 1.54) is 6.07 Å². The van der Waals surface area contributed by atoms with Gasteiger partial charge in [0, 0.05) is 12.3 Å². The third kappa shape index (κ3) is 3.21. The molecule has 19 heavy (non-hydrogen) atoms. The Morgan fingerprint density at radius 2 is 2.05 bits per heavy atom. The summed E-state index contributed by atoms with van der Waals surface area (Å²) in [7, 11) is 0. The highest BCUT2D eigenvalue weighted by atomic mass is 16.6. The third-order valence-corrected chi connectivity index (χ3v) is 2.54. The van der Waals surface area contributed by atoms with E-state index in [2.05, 4.69) is 20.3 Å². The molecule has 2 heterocycles. The fourth-order valence-corrected chi connectivity index (χ4v) is 1.63. The van der Waals surface area contributed by atoms with Gasteiger partial charge < -0.3 is 5.32 Å². The highest BCUT2D eigenvalue weighted by Gasteiger charge is 2.11. The minimum Gasteiger partial charge on any atom is -0.364 e. The molecule has 7 heteroatoms. The lowest BCUT2D eigenvalue weighted by molar-refractivity contribution is -0.385. The van der Waals surface area contributed by atoms with E-state index >= 15 is 0 Å². The van der Waals surface area contributed by atoms with Crippen molar-refractivity contribution >= 4 is 11.5 Å². The lowest BCUT2D eigenvalue weighted by Crippen LogP contribution is -2.05. The van der Waals surface area contributed by atoms with Gasteiger partial charge in [-0.25, -0.2) is 15.0 Å². The second-order valence-corrected chi connectivity index (χ2v) is 4.01. The molecule has 0 unspecified atom stereocenters. The van der Waals surface area contributed by atoms with Crippen molar-refractivity contribution in [1.29, 1.82) is 0 Å². The van der Waals surface area contributed by atoms with E-state index in [1.807, 2.05) is 6.92 Å². The molecule has 0 radical (unpaired) electrons. The Balaban J connectivity index is 2.08. The molecular weight excluding hydrogens is 246 g/mol. The van der Waals surface area contributed by atoms with Crippen molar-refractivity contribution in [1.82, 2.24) is 15.0 Å². The molecule has 2 rings (SSSR count). The Morgan fingerprint density at radius 1 is 1.26 bits per heavy atom. The van der Waals surface area contributed by atoms with Crippen LogP contribution in [0.2, 0.25) is 0 Å². The first-order chi connectivity index (χ1) is 9.06. The number of nitrogens with one attached hydrogen (secondary N) is 1. The molecule has 0 aliphatic rings. The van der Waals surface area contributed by atoms with Crippen molar-refractivity contribution in [2.45, 2.75) is 20.4 Å². The maximum Gasteiger partial charge on any atom is 0.290 e. The molecule has 0 aliphatic heterocycles. The van der Waals surface area contributed by atoms with Crippen LogP contribution in [0.3, 0.4) is 0 Å². The first-order valence-corrected chi connectivity index (χ1v) is 5.70. The van der Waals surface area contributed by atoms with Crippen molar-refractivity contribution in [2.75, 3.05) is 5.32 Å². The van der Waals surface area contributed by atoms with Gasteiger partial charge >= 0.3 is 0 Å². The minimum absolute atomic E-state index is 0.0171. The van der Waals surface area contributed by atoms with Crippen molar-refractivity contribution in [3.63, 3.8) is 0 Å². The molecule has 98 valence electrons. The first kappa shape index (κ1) is 12.9. The summed E-state index contributed by atoms with van der Waals surface area (Å²) in [6.07, 6.45) is 1.69. The standard InChI is InChI=1S/C12H13N5O2/c1-8-11(17(18)19)3-4-12(15-8)14-7-10-5-6-13-9(2)16-10/h3-6H,7H2,1-2H3,(H,14,15). The molecule has 0 saturated heterocycles. The largest absolute Gasteiger partial charge is 0.364 e. The Morgan fingerprint density at radius 3 is 2.68 bits per heavy atom. The van der Waals surface area contributed by atoms with E-state index < -0.39 is 4.92 Å². The van der Waals surface area contributed by atoms with Gasteiger partial charge in [-0.2, -0.15) is 0 Å². The second-order valence-electron chi connectivity index (χ2n) is 4.01. The maximum atomic E-state index is 10.7. The number of pyridine rings is 1. The van der Waals surface area contributed by atoms with Crippen LogP contribution in [0.4, 0.5) is 11.5 Å². The Kier molecular flexibility index (Phi) is 3.65. The number of nitrogens with zero attached hydrogens (tertiary/aromatic N) is 4. The number of anilines is 1. The Bertz CT molecular complexity index is 615. The van der Waals surface area contributed by atoms with Crippen LogP contribution >= 0.6 is 0 Å². The molecule has 0 saturated carbocycles. The van der Waals surface area contributed by atoms with Gasteiger partial charge in [-0.15, -0.1) is 0 Å². The molecule has 1 N–H and O–H groups in total. The van der Waals surface area contributed by atoms with Crippen LogP contribution in [0.1, 0.15) is 17.2 Å². The SMILES string of the molecule is Cc1nccc(CNc2ccc([N+](=O)[O-])c(C)n2)n1. The summed E-state index contributed by atoms with van der Waals surface area (Å²) in [4.78, 5) is 22.6. The zero-order valence-electron chi connectivity index (χ0n) is 10.6. The van der Waals surface area contributed by atoms with E-state index in [9.17, 15) is 10.1 Å². The van der Waals surface area contributed by atoms with Crippen LogP contribution in [0, 0.1) is 24.0 Å². The molecule has 0 bridgehead atoms. The molecule has 2 aromatic rings. The van der Waals surface area contributed by atoms with Gasteiger partial charge in [0.15, 0.2) is 0 Å². The van der Waals surface area contributed by atoms with E-state index in [1.54, 1.807) is 25.3 Å². The normalized spacial score (nSPS) is 10.2. The second kappa shape index (κ2) is 5.38. The monoisotopic (exact) mass is 259 g/mol. The quantitative estimate of drug-likeness (QED) is 0.666. The third-order valence-electron chi connectivity index (χ3n) is 2.54. The number of hydrogen-bond acceptors (Lipinski definition) is 6. The van der Waals surface area contributed by atoms with E-state index in [4.69, 9.17) is 0 Å². The van der Waals surface area contributed by atoms with E-state index in [0.29, 0.717) is 23.9 Å². The number of hydrogen-bond donors (Lipinski definition) is 1. The molecule has 0 amide bonds. The van der Waals surface area contributed by atoms with Crippen molar-refractivity contribution in [3.05, 3.63) is 51.7 Å². The smallest absolute Gasteiger partial charge is 0.290 e. The summed E-state index contributed by atoms with van der Waals surface area (Å²) in [5, 5.41) is 13.7. The molecule has 0 aliphatic carbocycles. The molecule has 0 spiro atoms. The minimum atomic E-state index is -0.445. The molecule has 0 aromatic carbocycles. The molecular formula is C12H13N5O2. The number of nitro groups is 1. The van der Waals surface area contributed by atoms with Gasteiger partial charge in [0.2, 0.25) is 0 Å². The van der Waals surface area contributed by atoms with Crippen LogP contribution < -0.4 is 5.32 Å². The first-order valence-electron chi connectivity index (χ1n) is 5.70. The van der Waals surface area contributed by atoms with Crippen molar-refractivity contribution < 1.29 is 4.92 Å². The summed E-state index contributed by atoms with van der Waals surface area (Å²) < 4.78 is 0. The molecule has 7 nitrogen and oxygen atoms in total. The molecule has 2 aromatic heterocycles. The zero-order chi connectivity index (χ0) is 13.8. The predicted octanol–water partition coefficient (Wildman–Crippen LogP) is 2.01. The highest BCUT2D eigenvalue weighted by molar-refractivity contribution is 5.44. The summed E-state index contributed by atoms with van der Waals surface area (Å²) in [5.74, 6) is 1.28. The predicted molar refractivity (Wildman–Crippen MR) is 69.7 cm³/mol. The van der Waals surface area contributed by atoms with E-state index in [0.717, 1.165) is 5.69 Å². The van der Waals surface area contributed by atoms with Gasteiger partial charge in [0.05, 0.1) is 17.2 Å². The topological polar surface area (TPSA) is 93.8 Å². The summed E-state index contributed by atoms with van der Waals surface area (Å²) in [6, 6.07) is 4.83.